The van der Waals surface area contributed by atoms with Crippen molar-refractivity contribution in [3.63, 3.8) is 0 Å². The number of esters is 1. The molecule has 0 spiro atoms. The lowest BCUT2D eigenvalue weighted by molar-refractivity contribution is -0.142. The lowest BCUT2D eigenvalue weighted by atomic mass is 9.94. The number of rotatable bonds is 6. The highest BCUT2D eigenvalue weighted by molar-refractivity contribution is 5.87. The van der Waals surface area contributed by atoms with Crippen LogP contribution in [0.5, 0.6) is 0 Å². The van der Waals surface area contributed by atoms with Crippen LogP contribution in [0.4, 0.5) is 9.59 Å². The standard InChI is InChI=1S/C19H27NO6/c1-19(2,3)26-18(23)20(17(22)25-5)13-9-12-15(16(21)24-4)14-10-7-6-8-11-14/h6-8,10-11,15H,9,12-13H2,1-5H3/t15-/m1/s1. The van der Waals surface area contributed by atoms with Gasteiger partial charge >= 0.3 is 18.2 Å². The molecular formula is C19H27NO6. The Hall–Kier alpha value is -2.57. The van der Waals surface area contributed by atoms with Crippen LogP contribution in [0.1, 0.15) is 45.1 Å². The number of nitrogens with zero attached hydrogens (tertiary/aromatic N) is 1. The Morgan fingerprint density at radius 1 is 1.00 bits per heavy atom. The van der Waals surface area contributed by atoms with Crippen molar-refractivity contribution in [3.05, 3.63) is 35.9 Å². The summed E-state index contributed by atoms with van der Waals surface area (Å²) in [7, 11) is 2.53. The SMILES string of the molecule is COC(=O)[C@H](CCCN(C(=O)OC)C(=O)OC(C)(C)C)c1ccccc1. The molecule has 0 unspecified atom stereocenters. The number of benzene rings is 1. The molecule has 0 fully saturated rings. The van der Waals surface area contributed by atoms with Crippen molar-refractivity contribution in [1.82, 2.24) is 4.90 Å². The van der Waals surface area contributed by atoms with Crippen molar-refractivity contribution in [3.8, 4) is 0 Å². The van der Waals surface area contributed by atoms with E-state index in [1.54, 1.807) is 20.8 Å². The summed E-state index contributed by atoms with van der Waals surface area (Å²) in [6.45, 7) is 5.21. The average Bonchev–Trinajstić information content (AvgIpc) is 2.59. The average molecular weight is 365 g/mol. The van der Waals surface area contributed by atoms with E-state index in [2.05, 4.69) is 4.74 Å². The molecule has 0 saturated heterocycles. The molecule has 0 aliphatic carbocycles. The molecule has 0 aliphatic rings. The molecule has 0 heterocycles. The molecule has 1 atom stereocenters. The Morgan fingerprint density at radius 2 is 1.62 bits per heavy atom. The van der Waals surface area contributed by atoms with Crippen LogP contribution in [-0.2, 0) is 19.0 Å². The zero-order valence-corrected chi connectivity index (χ0v) is 16.0. The van der Waals surface area contributed by atoms with Gasteiger partial charge in [0.15, 0.2) is 0 Å². The van der Waals surface area contributed by atoms with Gasteiger partial charge in [-0.3, -0.25) is 4.79 Å². The molecule has 2 amide bonds. The largest absolute Gasteiger partial charge is 0.469 e. The van der Waals surface area contributed by atoms with E-state index in [-0.39, 0.29) is 12.5 Å². The van der Waals surface area contributed by atoms with E-state index in [9.17, 15) is 14.4 Å². The molecule has 0 radical (unpaired) electrons. The fourth-order valence-corrected chi connectivity index (χ4v) is 2.39. The summed E-state index contributed by atoms with van der Waals surface area (Å²) < 4.78 is 14.8. The first kappa shape index (κ1) is 21.5. The van der Waals surface area contributed by atoms with Crippen molar-refractivity contribution in [2.24, 2.45) is 0 Å². The molecule has 1 aromatic carbocycles. The normalized spacial score (nSPS) is 12.0. The van der Waals surface area contributed by atoms with Gasteiger partial charge in [0.05, 0.1) is 20.1 Å². The van der Waals surface area contributed by atoms with Gasteiger partial charge in [-0.1, -0.05) is 30.3 Å². The molecule has 26 heavy (non-hydrogen) atoms. The third-order valence-corrected chi connectivity index (χ3v) is 3.57. The van der Waals surface area contributed by atoms with Gasteiger partial charge in [-0.2, -0.15) is 0 Å². The van der Waals surface area contributed by atoms with Gasteiger partial charge in [0, 0.05) is 6.54 Å². The highest BCUT2D eigenvalue weighted by Crippen LogP contribution is 2.23. The van der Waals surface area contributed by atoms with Gasteiger partial charge in [0.2, 0.25) is 0 Å². The van der Waals surface area contributed by atoms with Gasteiger partial charge in [0.1, 0.15) is 5.60 Å². The van der Waals surface area contributed by atoms with Crippen molar-refractivity contribution < 1.29 is 28.6 Å². The predicted octanol–water partition coefficient (Wildman–Crippen LogP) is 3.73. The summed E-state index contributed by atoms with van der Waals surface area (Å²) in [6, 6.07) is 9.22. The van der Waals surface area contributed by atoms with Crippen molar-refractivity contribution in [1.29, 1.82) is 0 Å². The zero-order valence-electron chi connectivity index (χ0n) is 16.0. The molecular weight excluding hydrogens is 338 g/mol. The summed E-state index contributed by atoms with van der Waals surface area (Å²) in [5, 5.41) is 0. The second kappa shape index (κ2) is 9.79. The maximum atomic E-state index is 12.2. The number of carbonyl (C=O) groups is 3. The summed E-state index contributed by atoms with van der Waals surface area (Å²) >= 11 is 0. The molecule has 144 valence electrons. The molecule has 1 rings (SSSR count). The minimum Gasteiger partial charge on any atom is -0.469 e. The molecule has 1 aromatic rings. The zero-order chi connectivity index (χ0) is 19.7. The van der Waals surface area contributed by atoms with Crippen LogP contribution >= 0.6 is 0 Å². The molecule has 7 heteroatoms. The van der Waals surface area contributed by atoms with Crippen LogP contribution in [0, 0.1) is 0 Å². The number of hydrogen-bond acceptors (Lipinski definition) is 6. The van der Waals surface area contributed by atoms with E-state index in [4.69, 9.17) is 9.47 Å². The van der Waals surface area contributed by atoms with Crippen LogP contribution in [0.25, 0.3) is 0 Å². The smallest absolute Gasteiger partial charge is 0.419 e. The van der Waals surface area contributed by atoms with Crippen molar-refractivity contribution in [2.45, 2.75) is 45.1 Å². The third-order valence-electron chi connectivity index (χ3n) is 3.57. The van der Waals surface area contributed by atoms with Gasteiger partial charge < -0.3 is 14.2 Å². The lowest BCUT2D eigenvalue weighted by Crippen LogP contribution is -2.41. The monoisotopic (exact) mass is 365 g/mol. The highest BCUT2D eigenvalue weighted by atomic mass is 16.6. The lowest BCUT2D eigenvalue weighted by Gasteiger charge is -2.25. The van der Waals surface area contributed by atoms with E-state index in [1.807, 2.05) is 30.3 Å². The number of methoxy groups -OCH3 is 2. The van der Waals surface area contributed by atoms with E-state index >= 15 is 0 Å². The molecule has 0 N–H and O–H groups in total. The number of ether oxygens (including phenoxy) is 3. The maximum Gasteiger partial charge on any atom is 0.419 e. The quantitative estimate of drug-likeness (QED) is 0.564. The second-order valence-corrected chi connectivity index (χ2v) is 6.73. The minimum absolute atomic E-state index is 0.0713. The number of carbonyl (C=O) groups excluding carboxylic acids is 3. The van der Waals surface area contributed by atoms with Crippen molar-refractivity contribution in [2.75, 3.05) is 20.8 Å². The first-order chi connectivity index (χ1) is 12.2. The Kier molecular flexibility index (Phi) is 8.09. The van der Waals surface area contributed by atoms with Crippen LogP contribution < -0.4 is 0 Å². The van der Waals surface area contributed by atoms with Crippen molar-refractivity contribution >= 4 is 18.2 Å². The first-order valence-corrected chi connectivity index (χ1v) is 8.41. The molecule has 0 aliphatic heterocycles. The Morgan fingerprint density at radius 3 is 2.12 bits per heavy atom. The van der Waals surface area contributed by atoms with Gasteiger partial charge in [0.25, 0.3) is 0 Å². The highest BCUT2D eigenvalue weighted by Gasteiger charge is 2.28. The minimum atomic E-state index is -0.798. The Labute approximate surface area is 154 Å². The summed E-state index contributed by atoms with van der Waals surface area (Å²) in [5.74, 6) is -0.836. The first-order valence-electron chi connectivity index (χ1n) is 8.41. The summed E-state index contributed by atoms with van der Waals surface area (Å²) in [6.07, 6.45) is -0.775. The molecule has 7 nitrogen and oxygen atoms in total. The van der Waals surface area contributed by atoms with Crippen LogP contribution in [0.2, 0.25) is 0 Å². The number of amides is 2. The van der Waals surface area contributed by atoms with E-state index in [0.717, 1.165) is 10.5 Å². The molecule has 0 bridgehead atoms. The van der Waals surface area contributed by atoms with E-state index in [1.165, 1.54) is 14.2 Å². The maximum absolute atomic E-state index is 12.2. The number of imide groups is 1. The van der Waals surface area contributed by atoms with Crippen LogP contribution in [-0.4, -0.2) is 49.4 Å². The second-order valence-electron chi connectivity index (χ2n) is 6.73. The van der Waals surface area contributed by atoms with Gasteiger partial charge in [-0.15, -0.1) is 0 Å². The van der Waals surface area contributed by atoms with Gasteiger partial charge in [-0.05, 0) is 39.2 Å². The fraction of sp³-hybridized carbons (Fsp3) is 0.526. The Balaban J connectivity index is 2.78. The molecule has 0 aromatic heterocycles. The van der Waals surface area contributed by atoms with Crippen LogP contribution in [0.3, 0.4) is 0 Å². The molecule has 0 saturated carbocycles. The number of hydrogen-bond donors (Lipinski definition) is 0. The predicted molar refractivity (Wildman–Crippen MR) is 95.8 cm³/mol. The summed E-state index contributed by atoms with van der Waals surface area (Å²) in [5.41, 5.74) is 0.0864. The summed E-state index contributed by atoms with van der Waals surface area (Å²) in [4.78, 5) is 37.1. The topological polar surface area (TPSA) is 82.1 Å². The van der Waals surface area contributed by atoms with Gasteiger partial charge in [-0.25, -0.2) is 14.5 Å². The third kappa shape index (κ3) is 6.74. The van der Waals surface area contributed by atoms with E-state index < -0.39 is 23.7 Å². The fourth-order valence-electron chi connectivity index (χ4n) is 2.39. The van der Waals surface area contributed by atoms with E-state index in [0.29, 0.717) is 12.8 Å². The van der Waals surface area contributed by atoms with Crippen LogP contribution in [0.15, 0.2) is 30.3 Å². The Bertz CT molecular complexity index is 608.